The van der Waals surface area contributed by atoms with Gasteiger partial charge >= 0.3 is 0 Å². The Balaban J connectivity index is 1.85. The molecule has 0 aliphatic carbocycles. The van der Waals surface area contributed by atoms with Gasteiger partial charge in [0, 0.05) is 38.3 Å². The third-order valence-corrected chi connectivity index (χ3v) is 4.22. The second kappa shape index (κ2) is 5.99. The molecule has 3 nitrogen and oxygen atoms in total. The monoisotopic (exact) mass is 225 g/mol. The number of piperazine rings is 1. The lowest BCUT2D eigenvalue weighted by atomic mass is 10.0. The highest BCUT2D eigenvalue weighted by atomic mass is 15.3. The molecule has 0 aromatic heterocycles. The van der Waals surface area contributed by atoms with Crippen LogP contribution < -0.4 is 5.32 Å². The van der Waals surface area contributed by atoms with Gasteiger partial charge in [0.1, 0.15) is 0 Å². The number of hydrogen-bond acceptors (Lipinski definition) is 3. The van der Waals surface area contributed by atoms with Crippen molar-refractivity contribution in [2.75, 3.05) is 39.3 Å². The Bertz CT molecular complexity index is 185. The van der Waals surface area contributed by atoms with Crippen LogP contribution in [0.3, 0.4) is 0 Å². The van der Waals surface area contributed by atoms with Gasteiger partial charge in [0.2, 0.25) is 0 Å². The van der Waals surface area contributed by atoms with E-state index in [0.29, 0.717) is 0 Å². The van der Waals surface area contributed by atoms with E-state index in [0.717, 1.165) is 12.1 Å². The molecule has 0 spiro atoms. The largest absolute Gasteiger partial charge is 0.311 e. The van der Waals surface area contributed by atoms with Crippen LogP contribution in [-0.2, 0) is 0 Å². The standard InChI is InChI=1S/C13H27N3/c1-3-12-10-16(9-7-14-12)13-6-5-8-15(4-2)11-13/h12-14H,3-11H2,1-2H3. The minimum absolute atomic E-state index is 0.728. The van der Waals surface area contributed by atoms with Crippen LogP contribution in [0.4, 0.5) is 0 Å². The predicted molar refractivity (Wildman–Crippen MR) is 68.8 cm³/mol. The molecule has 2 heterocycles. The molecule has 2 rings (SSSR count). The fourth-order valence-corrected chi connectivity index (χ4v) is 3.07. The van der Waals surface area contributed by atoms with E-state index >= 15 is 0 Å². The van der Waals surface area contributed by atoms with E-state index < -0.39 is 0 Å². The van der Waals surface area contributed by atoms with Crippen molar-refractivity contribution in [1.29, 1.82) is 0 Å². The zero-order chi connectivity index (χ0) is 11.4. The van der Waals surface area contributed by atoms with Crippen molar-refractivity contribution < 1.29 is 0 Å². The van der Waals surface area contributed by atoms with Crippen LogP contribution in [0.25, 0.3) is 0 Å². The van der Waals surface area contributed by atoms with Gasteiger partial charge in [-0.2, -0.15) is 0 Å². The Hall–Kier alpha value is -0.120. The molecule has 2 aliphatic heterocycles. The molecule has 94 valence electrons. The highest BCUT2D eigenvalue weighted by Gasteiger charge is 2.27. The van der Waals surface area contributed by atoms with Gasteiger partial charge in [-0.05, 0) is 32.4 Å². The summed E-state index contributed by atoms with van der Waals surface area (Å²) in [5.74, 6) is 0. The Morgan fingerprint density at radius 1 is 1.19 bits per heavy atom. The first-order valence-corrected chi connectivity index (χ1v) is 7.03. The molecule has 2 aliphatic rings. The van der Waals surface area contributed by atoms with Gasteiger partial charge in [0.25, 0.3) is 0 Å². The summed E-state index contributed by atoms with van der Waals surface area (Å²) in [6, 6.07) is 1.55. The molecule has 0 aromatic rings. The lowest BCUT2D eigenvalue weighted by molar-refractivity contribution is 0.0758. The molecule has 3 heteroatoms. The number of nitrogens with zero attached hydrogens (tertiary/aromatic N) is 2. The van der Waals surface area contributed by atoms with Crippen LogP contribution in [0, 0.1) is 0 Å². The third kappa shape index (κ3) is 2.96. The van der Waals surface area contributed by atoms with Crippen molar-refractivity contribution in [3.63, 3.8) is 0 Å². The molecule has 2 atom stereocenters. The normalized spacial score (nSPS) is 34.1. The van der Waals surface area contributed by atoms with Crippen molar-refractivity contribution in [3.05, 3.63) is 0 Å². The minimum atomic E-state index is 0.728. The molecule has 0 aromatic carbocycles. The zero-order valence-corrected chi connectivity index (χ0v) is 10.9. The molecule has 16 heavy (non-hydrogen) atoms. The summed E-state index contributed by atoms with van der Waals surface area (Å²) in [5, 5.41) is 3.61. The quantitative estimate of drug-likeness (QED) is 0.777. The smallest absolute Gasteiger partial charge is 0.0224 e. The van der Waals surface area contributed by atoms with Gasteiger partial charge in [-0.15, -0.1) is 0 Å². The first-order chi connectivity index (χ1) is 7.83. The number of hydrogen-bond donors (Lipinski definition) is 1. The molecule has 0 radical (unpaired) electrons. The van der Waals surface area contributed by atoms with Crippen LogP contribution in [-0.4, -0.2) is 61.2 Å². The maximum Gasteiger partial charge on any atom is 0.0224 e. The Morgan fingerprint density at radius 2 is 2.06 bits per heavy atom. The van der Waals surface area contributed by atoms with Crippen molar-refractivity contribution >= 4 is 0 Å². The highest BCUT2D eigenvalue weighted by Crippen LogP contribution is 2.17. The summed E-state index contributed by atoms with van der Waals surface area (Å²) in [7, 11) is 0. The first-order valence-electron chi connectivity index (χ1n) is 7.03. The van der Waals surface area contributed by atoms with E-state index in [1.54, 1.807) is 0 Å². The zero-order valence-electron chi connectivity index (χ0n) is 10.9. The molecule has 2 fully saturated rings. The van der Waals surface area contributed by atoms with Crippen molar-refractivity contribution in [3.8, 4) is 0 Å². The van der Waals surface area contributed by atoms with E-state index in [1.165, 1.54) is 58.5 Å². The summed E-state index contributed by atoms with van der Waals surface area (Å²) in [5.41, 5.74) is 0. The second-order valence-electron chi connectivity index (χ2n) is 5.24. The Kier molecular flexibility index (Phi) is 4.62. The number of piperidine rings is 1. The number of rotatable bonds is 3. The highest BCUT2D eigenvalue weighted by molar-refractivity contribution is 4.86. The summed E-state index contributed by atoms with van der Waals surface area (Å²) >= 11 is 0. The summed E-state index contributed by atoms with van der Waals surface area (Å²) in [6.45, 7) is 12.1. The van der Waals surface area contributed by atoms with Crippen molar-refractivity contribution in [1.82, 2.24) is 15.1 Å². The van der Waals surface area contributed by atoms with Crippen LogP contribution in [0.1, 0.15) is 33.1 Å². The molecular weight excluding hydrogens is 198 g/mol. The summed E-state index contributed by atoms with van der Waals surface area (Å²) in [6.07, 6.45) is 4.06. The molecule has 0 amide bonds. The summed E-state index contributed by atoms with van der Waals surface area (Å²) in [4.78, 5) is 5.34. The lowest BCUT2D eigenvalue weighted by Gasteiger charge is -2.43. The number of likely N-dealkylation sites (N-methyl/N-ethyl adjacent to an activating group) is 1. The van der Waals surface area contributed by atoms with Crippen molar-refractivity contribution in [2.45, 2.75) is 45.2 Å². The van der Waals surface area contributed by atoms with E-state index in [1.807, 2.05) is 0 Å². The van der Waals surface area contributed by atoms with Gasteiger partial charge in [-0.1, -0.05) is 13.8 Å². The predicted octanol–water partition coefficient (Wildman–Crippen LogP) is 1.15. The first kappa shape index (κ1) is 12.3. The molecule has 2 unspecified atom stereocenters. The average molecular weight is 225 g/mol. The van der Waals surface area contributed by atoms with Crippen molar-refractivity contribution in [2.24, 2.45) is 0 Å². The Morgan fingerprint density at radius 3 is 2.81 bits per heavy atom. The van der Waals surface area contributed by atoms with Crippen LogP contribution in [0.2, 0.25) is 0 Å². The lowest BCUT2D eigenvalue weighted by Crippen LogP contribution is -2.57. The third-order valence-electron chi connectivity index (χ3n) is 4.22. The van der Waals surface area contributed by atoms with E-state index in [9.17, 15) is 0 Å². The average Bonchev–Trinajstić information content (AvgIpc) is 2.39. The van der Waals surface area contributed by atoms with Crippen LogP contribution >= 0.6 is 0 Å². The van der Waals surface area contributed by atoms with Gasteiger partial charge in [0.05, 0.1) is 0 Å². The fraction of sp³-hybridized carbons (Fsp3) is 1.00. The van der Waals surface area contributed by atoms with Crippen LogP contribution in [0.5, 0.6) is 0 Å². The SMILES string of the molecule is CCC1CN(C2CCCN(CC)C2)CCN1. The second-order valence-corrected chi connectivity index (χ2v) is 5.24. The van der Waals surface area contributed by atoms with Gasteiger partial charge < -0.3 is 10.2 Å². The summed E-state index contributed by atoms with van der Waals surface area (Å²) < 4.78 is 0. The molecule has 2 saturated heterocycles. The number of likely N-dealkylation sites (tertiary alicyclic amines) is 1. The minimum Gasteiger partial charge on any atom is -0.311 e. The number of nitrogens with one attached hydrogen (secondary N) is 1. The van der Waals surface area contributed by atoms with E-state index in [-0.39, 0.29) is 0 Å². The fourth-order valence-electron chi connectivity index (χ4n) is 3.07. The van der Waals surface area contributed by atoms with Gasteiger partial charge in [-0.3, -0.25) is 4.90 Å². The topological polar surface area (TPSA) is 18.5 Å². The molecule has 1 N–H and O–H groups in total. The van der Waals surface area contributed by atoms with Gasteiger partial charge in [0.15, 0.2) is 0 Å². The van der Waals surface area contributed by atoms with E-state index in [4.69, 9.17) is 0 Å². The molecule has 0 bridgehead atoms. The van der Waals surface area contributed by atoms with E-state index in [2.05, 4.69) is 29.0 Å². The Labute approximate surface area is 100 Å². The maximum atomic E-state index is 3.61. The maximum absolute atomic E-state index is 3.61. The van der Waals surface area contributed by atoms with Crippen LogP contribution in [0.15, 0.2) is 0 Å². The molecular formula is C13H27N3. The molecule has 0 saturated carbocycles. The van der Waals surface area contributed by atoms with Gasteiger partial charge in [-0.25, -0.2) is 0 Å².